The first-order valence-corrected chi connectivity index (χ1v) is 3.70. The molecule has 0 aliphatic rings. The lowest BCUT2D eigenvalue weighted by Crippen LogP contribution is -2.28. The average Bonchev–Trinajstić information content (AvgIpc) is 2.51. The second-order valence-corrected chi connectivity index (χ2v) is 2.78. The zero-order valence-corrected chi connectivity index (χ0v) is 7.04. The predicted octanol–water partition coefficient (Wildman–Crippen LogP) is 0.275. The normalized spacial score (nSPS) is 12.8. The van der Waals surface area contributed by atoms with Crippen molar-refractivity contribution in [3.05, 3.63) is 24.0 Å². The lowest BCUT2D eigenvalue weighted by molar-refractivity contribution is 0.535. The summed E-state index contributed by atoms with van der Waals surface area (Å²) in [5.41, 5.74) is 4.51. The molecule has 0 aromatic carbocycles. The molecule has 0 saturated carbocycles. The minimum Gasteiger partial charge on any atom is -0.271 e. The zero-order chi connectivity index (χ0) is 8.97. The van der Waals surface area contributed by atoms with E-state index >= 15 is 0 Å². The second kappa shape index (κ2) is 3.99. The fraction of sp³-hybridized carbons (Fsp3) is 0.429. The maximum absolute atomic E-state index is 5.34. The van der Waals surface area contributed by atoms with Gasteiger partial charge in [-0.05, 0) is 13.3 Å². The smallest absolute Gasteiger partial charge is 0.101 e. The van der Waals surface area contributed by atoms with E-state index in [1.165, 1.54) is 0 Å². The van der Waals surface area contributed by atoms with Crippen LogP contribution in [-0.2, 0) is 0 Å². The van der Waals surface area contributed by atoms with Gasteiger partial charge in [0.25, 0.3) is 0 Å². The van der Waals surface area contributed by atoms with Crippen molar-refractivity contribution in [1.29, 1.82) is 0 Å². The molecule has 0 radical (unpaired) electrons. The summed E-state index contributed by atoms with van der Waals surface area (Å²) in [4.78, 5) is 0. The Labute approximate surface area is 71.0 Å². The number of rotatable bonds is 4. The van der Waals surface area contributed by atoms with Gasteiger partial charge in [0.1, 0.15) is 5.69 Å². The molecule has 1 rings (SSSR count). The molecule has 0 bridgehead atoms. The van der Waals surface area contributed by atoms with Crippen LogP contribution in [0.3, 0.4) is 0 Å². The third-order valence-corrected chi connectivity index (χ3v) is 1.54. The van der Waals surface area contributed by atoms with Crippen LogP contribution in [0.2, 0.25) is 0 Å². The highest BCUT2D eigenvalue weighted by atomic mass is 15.3. The molecular formula is C7H13N5. The van der Waals surface area contributed by atoms with E-state index in [1.807, 2.05) is 6.92 Å². The van der Waals surface area contributed by atoms with Gasteiger partial charge in [-0.3, -0.25) is 11.3 Å². The van der Waals surface area contributed by atoms with Crippen LogP contribution >= 0.6 is 0 Å². The largest absolute Gasteiger partial charge is 0.271 e. The quantitative estimate of drug-likeness (QED) is 0.342. The van der Waals surface area contributed by atoms with Gasteiger partial charge in [0.2, 0.25) is 0 Å². The van der Waals surface area contributed by atoms with Crippen LogP contribution in [0.5, 0.6) is 0 Å². The molecular weight excluding hydrogens is 154 g/mol. The predicted molar refractivity (Wildman–Crippen MR) is 45.9 cm³/mol. The van der Waals surface area contributed by atoms with Crippen LogP contribution in [0.4, 0.5) is 0 Å². The molecule has 1 unspecified atom stereocenters. The van der Waals surface area contributed by atoms with Crippen molar-refractivity contribution in [1.82, 2.24) is 20.8 Å². The highest BCUT2D eigenvalue weighted by molar-refractivity contribution is 5.04. The molecule has 5 heteroatoms. The summed E-state index contributed by atoms with van der Waals surface area (Å²) in [5.74, 6) is 5.34. The van der Waals surface area contributed by atoms with Gasteiger partial charge in [0, 0.05) is 0 Å². The molecule has 66 valence electrons. The Morgan fingerprint density at radius 2 is 2.67 bits per heavy atom. The molecule has 0 saturated heterocycles. The number of nitrogens with two attached hydrogens (primary N) is 1. The third kappa shape index (κ3) is 2.14. The number of H-pyrrole nitrogens is 1. The fourth-order valence-corrected chi connectivity index (χ4v) is 0.976. The van der Waals surface area contributed by atoms with Crippen molar-refractivity contribution in [2.45, 2.75) is 19.4 Å². The lowest BCUT2D eigenvalue weighted by atomic mass is 10.1. The summed E-state index contributed by atoms with van der Waals surface area (Å²) in [6, 6.07) is 0.00116. The van der Waals surface area contributed by atoms with E-state index in [2.05, 4.69) is 27.4 Å². The number of aromatic amines is 1. The highest BCUT2D eigenvalue weighted by Crippen LogP contribution is 2.15. The summed E-state index contributed by atoms with van der Waals surface area (Å²) in [6.45, 7) is 5.75. The minimum absolute atomic E-state index is 0.00116. The maximum atomic E-state index is 5.34. The van der Waals surface area contributed by atoms with E-state index in [9.17, 15) is 0 Å². The molecule has 1 aromatic heterocycles. The Bertz CT molecular complexity index is 240. The average molecular weight is 167 g/mol. The first-order chi connectivity index (χ1) is 5.74. The van der Waals surface area contributed by atoms with Crippen LogP contribution in [0.1, 0.15) is 25.1 Å². The van der Waals surface area contributed by atoms with Gasteiger partial charge < -0.3 is 0 Å². The van der Waals surface area contributed by atoms with Gasteiger partial charge in [-0.1, -0.05) is 5.57 Å². The molecule has 4 N–H and O–H groups in total. The first kappa shape index (κ1) is 8.89. The van der Waals surface area contributed by atoms with E-state index in [0.29, 0.717) is 0 Å². The molecule has 1 aromatic rings. The maximum Gasteiger partial charge on any atom is 0.101 e. The molecule has 0 spiro atoms. The SMILES string of the molecule is C=C(C)CC(NN)c1cn[nH]n1. The van der Waals surface area contributed by atoms with E-state index in [1.54, 1.807) is 6.20 Å². The Balaban J connectivity index is 2.63. The second-order valence-electron chi connectivity index (χ2n) is 2.78. The van der Waals surface area contributed by atoms with Crippen molar-refractivity contribution >= 4 is 0 Å². The molecule has 0 fully saturated rings. The Morgan fingerprint density at radius 1 is 1.92 bits per heavy atom. The number of nitrogens with zero attached hydrogens (tertiary/aromatic N) is 2. The Hall–Kier alpha value is -1.20. The molecule has 0 aliphatic carbocycles. The lowest BCUT2D eigenvalue weighted by Gasteiger charge is -2.11. The molecule has 12 heavy (non-hydrogen) atoms. The zero-order valence-electron chi connectivity index (χ0n) is 7.04. The van der Waals surface area contributed by atoms with E-state index in [0.717, 1.165) is 17.7 Å². The van der Waals surface area contributed by atoms with Gasteiger partial charge in [-0.2, -0.15) is 15.4 Å². The van der Waals surface area contributed by atoms with Crippen molar-refractivity contribution in [2.24, 2.45) is 5.84 Å². The van der Waals surface area contributed by atoms with Gasteiger partial charge in [-0.15, -0.1) is 6.58 Å². The fourth-order valence-electron chi connectivity index (χ4n) is 0.976. The van der Waals surface area contributed by atoms with E-state index in [-0.39, 0.29) is 6.04 Å². The minimum atomic E-state index is 0.00116. The van der Waals surface area contributed by atoms with Gasteiger partial charge >= 0.3 is 0 Å². The summed E-state index contributed by atoms with van der Waals surface area (Å²) >= 11 is 0. The van der Waals surface area contributed by atoms with Crippen LogP contribution in [0.15, 0.2) is 18.3 Å². The Morgan fingerprint density at radius 3 is 3.08 bits per heavy atom. The van der Waals surface area contributed by atoms with Crippen molar-refractivity contribution in [2.75, 3.05) is 0 Å². The monoisotopic (exact) mass is 167 g/mol. The molecule has 1 atom stereocenters. The Kier molecular flexibility index (Phi) is 2.95. The van der Waals surface area contributed by atoms with Crippen LogP contribution in [0, 0.1) is 0 Å². The van der Waals surface area contributed by atoms with E-state index < -0.39 is 0 Å². The topological polar surface area (TPSA) is 79.6 Å². The summed E-state index contributed by atoms with van der Waals surface area (Å²) in [6.07, 6.45) is 2.41. The third-order valence-electron chi connectivity index (χ3n) is 1.54. The first-order valence-electron chi connectivity index (χ1n) is 3.70. The van der Waals surface area contributed by atoms with Gasteiger partial charge in [0.05, 0.1) is 12.2 Å². The number of hydrogen-bond acceptors (Lipinski definition) is 4. The highest BCUT2D eigenvalue weighted by Gasteiger charge is 2.11. The summed E-state index contributed by atoms with van der Waals surface area (Å²) in [5, 5.41) is 10.2. The number of nitrogens with one attached hydrogen (secondary N) is 2. The molecule has 0 amide bonds. The summed E-state index contributed by atoms with van der Waals surface area (Å²) < 4.78 is 0. The summed E-state index contributed by atoms with van der Waals surface area (Å²) in [7, 11) is 0. The van der Waals surface area contributed by atoms with Crippen molar-refractivity contribution in [3.63, 3.8) is 0 Å². The van der Waals surface area contributed by atoms with E-state index in [4.69, 9.17) is 5.84 Å². The molecule has 1 heterocycles. The van der Waals surface area contributed by atoms with Crippen LogP contribution < -0.4 is 11.3 Å². The number of hydrogen-bond donors (Lipinski definition) is 3. The molecule has 0 aliphatic heterocycles. The standard InChI is InChI=1S/C7H13N5/c1-5(2)3-6(10-8)7-4-9-12-11-7/h4,6,10H,1,3,8H2,2H3,(H,9,11,12). The van der Waals surface area contributed by atoms with Gasteiger partial charge in [-0.25, -0.2) is 0 Å². The molecule has 5 nitrogen and oxygen atoms in total. The van der Waals surface area contributed by atoms with Gasteiger partial charge in [0.15, 0.2) is 0 Å². The number of hydrazine groups is 1. The van der Waals surface area contributed by atoms with Crippen molar-refractivity contribution < 1.29 is 0 Å². The number of aromatic nitrogens is 3. The van der Waals surface area contributed by atoms with Crippen LogP contribution in [-0.4, -0.2) is 15.4 Å². The van der Waals surface area contributed by atoms with Crippen molar-refractivity contribution in [3.8, 4) is 0 Å². The van der Waals surface area contributed by atoms with Crippen LogP contribution in [0.25, 0.3) is 0 Å².